The van der Waals surface area contributed by atoms with Gasteiger partial charge < -0.3 is 34.3 Å². The molecule has 0 aliphatic heterocycles. The molecular formula is C60H60O9. The fourth-order valence-electron chi connectivity index (χ4n) is 14.3. The number of hydrogen-bond donors (Lipinski definition) is 3. The number of hydrogen-bond acceptors (Lipinski definition) is 9. The summed E-state index contributed by atoms with van der Waals surface area (Å²) in [7, 11) is 3.14. The van der Waals surface area contributed by atoms with E-state index in [1.54, 1.807) is 26.4 Å². The Bertz CT molecular complexity index is 2970. The summed E-state index contributed by atoms with van der Waals surface area (Å²) in [5.74, 6) is 0.215. The van der Waals surface area contributed by atoms with Gasteiger partial charge in [0.15, 0.2) is 23.0 Å². The molecule has 0 amide bonds. The molecule has 9 nitrogen and oxygen atoms in total. The van der Waals surface area contributed by atoms with Crippen molar-refractivity contribution < 1.29 is 43.9 Å². The van der Waals surface area contributed by atoms with Crippen LogP contribution in [0.4, 0.5) is 0 Å². The number of methoxy groups -OCH3 is 2. The van der Waals surface area contributed by atoms with Crippen LogP contribution in [0.5, 0.6) is 28.7 Å². The van der Waals surface area contributed by atoms with Gasteiger partial charge in [-0.05, 0) is 166 Å². The van der Waals surface area contributed by atoms with Gasteiger partial charge in [-0.3, -0.25) is 9.59 Å². The van der Waals surface area contributed by atoms with Gasteiger partial charge in [0, 0.05) is 24.7 Å². The molecule has 6 aromatic rings. The summed E-state index contributed by atoms with van der Waals surface area (Å²) < 4.78 is 25.2. The minimum Gasteiger partial charge on any atom is -0.508 e. The molecule has 9 heteroatoms. The van der Waals surface area contributed by atoms with Crippen LogP contribution in [0, 0.1) is 23.2 Å². The van der Waals surface area contributed by atoms with Gasteiger partial charge in [0.25, 0.3) is 0 Å². The average Bonchev–Trinajstić information content (AvgIpc) is 3.86. The molecule has 0 radical (unpaired) electrons. The zero-order valence-electron chi connectivity index (χ0n) is 39.5. The van der Waals surface area contributed by atoms with Gasteiger partial charge in [-0.1, -0.05) is 97.8 Å². The van der Waals surface area contributed by atoms with Gasteiger partial charge in [-0.25, -0.2) is 0 Å². The standard InChI is InChI=1S/C60H60O9/c1-35(61)68-54-32-44(69-58(65)59(21-10-11-22-59)42-18-16-38-25-43(62)30-46(45(38)29-42)37-14-8-5-9-15-37)31-49-47-34-56(67-3)52(63)27-40(47)24-39-17-19-50-48-33-53(64)55(66-2)28-41(48)26-51(54)60(50,57(39)49)23-20-36-12-6-4-7-13-36/h4-9,12-16,18,20,23,25,27-30,33-34,39,44,49-51,54,57,62-64H,10-11,17,19,21-22,24,26,31-32H2,1-3H3/b23-20+/t39-,44+,49-,50+,51-,54-,57-,60-/m1/s1. The summed E-state index contributed by atoms with van der Waals surface area (Å²) >= 11 is 0. The number of carbonyl (C=O) groups is 2. The van der Waals surface area contributed by atoms with Crippen molar-refractivity contribution in [3.05, 3.63) is 155 Å². The third-order valence-electron chi connectivity index (χ3n) is 17.0. The normalized spacial score (nSPS) is 26.4. The van der Waals surface area contributed by atoms with Gasteiger partial charge in [0.05, 0.1) is 19.6 Å². The van der Waals surface area contributed by atoms with E-state index in [0.29, 0.717) is 37.2 Å². The minimum atomic E-state index is -0.915. The highest BCUT2D eigenvalue weighted by molar-refractivity contribution is 5.99. The lowest BCUT2D eigenvalue weighted by molar-refractivity contribution is -0.173. The summed E-state index contributed by atoms with van der Waals surface area (Å²) in [6, 6.07) is 37.8. The van der Waals surface area contributed by atoms with Crippen LogP contribution in [0.1, 0.15) is 104 Å². The predicted octanol–water partition coefficient (Wildman–Crippen LogP) is 12.1. The molecule has 3 N–H and O–H groups in total. The Morgan fingerprint density at radius 1 is 0.710 bits per heavy atom. The molecule has 0 spiro atoms. The molecule has 0 bridgehead atoms. The van der Waals surface area contributed by atoms with Crippen molar-refractivity contribution in [2.75, 3.05) is 14.2 Å². The molecule has 69 heavy (non-hydrogen) atoms. The van der Waals surface area contributed by atoms with Crippen molar-refractivity contribution in [3.63, 3.8) is 0 Å². The number of carbonyl (C=O) groups excluding carboxylic acids is 2. The molecule has 0 aromatic heterocycles. The van der Waals surface area contributed by atoms with Crippen LogP contribution in [0.25, 0.3) is 28.0 Å². The number of rotatable bonds is 9. The van der Waals surface area contributed by atoms with Gasteiger partial charge >= 0.3 is 11.9 Å². The molecule has 0 unspecified atom stereocenters. The molecule has 5 aliphatic rings. The van der Waals surface area contributed by atoms with Crippen molar-refractivity contribution in [2.24, 2.45) is 23.2 Å². The summed E-state index contributed by atoms with van der Waals surface area (Å²) in [5, 5.41) is 35.4. The largest absolute Gasteiger partial charge is 0.508 e. The molecule has 354 valence electrons. The molecule has 8 atom stereocenters. The van der Waals surface area contributed by atoms with Crippen LogP contribution in [0.3, 0.4) is 0 Å². The molecule has 0 saturated heterocycles. The SMILES string of the molecule is COc1cc2c(cc1O)[C@@H]1CC[C@@H]3Cc4cc(O)c(OC)cc4[C@H]4C[C@H](OC(=O)C5(c6ccc7cc(O)cc(-c8ccccc8)c7c6)CCCC5)C[C@@H](OC(C)=O)[C@@H](C2)[C@]1(/C=C/c1ccccc1)[C@H]34. The van der Waals surface area contributed by atoms with E-state index in [1.165, 1.54) is 6.92 Å². The predicted molar refractivity (Wildman–Crippen MR) is 266 cm³/mol. The van der Waals surface area contributed by atoms with Crippen LogP contribution >= 0.6 is 0 Å². The zero-order valence-corrected chi connectivity index (χ0v) is 39.5. The number of phenolic OH excluding ortho intramolecular Hbond substituents is 3. The van der Waals surface area contributed by atoms with Crippen LogP contribution < -0.4 is 9.47 Å². The lowest BCUT2D eigenvalue weighted by Crippen LogP contribution is -2.59. The van der Waals surface area contributed by atoms with Crippen molar-refractivity contribution in [2.45, 2.75) is 101 Å². The first-order valence-electron chi connectivity index (χ1n) is 24.7. The first kappa shape index (κ1) is 44.7. The molecule has 3 saturated carbocycles. The van der Waals surface area contributed by atoms with Crippen molar-refractivity contribution >= 4 is 28.8 Å². The van der Waals surface area contributed by atoms with Crippen LogP contribution in [-0.2, 0) is 37.3 Å². The maximum Gasteiger partial charge on any atom is 0.316 e. The highest BCUT2D eigenvalue weighted by atomic mass is 16.6. The highest BCUT2D eigenvalue weighted by Gasteiger charge is 2.64. The summed E-state index contributed by atoms with van der Waals surface area (Å²) in [5.41, 5.74) is 6.61. The summed E-state index contributed by atoms with van der Waals surface area (Å²) in [6.07, 6.45) is 10.2. The Labute approximate surface area is 403 Å². The van der Waals surface area contributed by atoms with Gasteiger partial charge in [0.2, 0.25) is 0 Å². The first-order chi connectivity index (χ1) is 33.5. The molecule has 11 rings (SSSR count). The molecule has 6 aromatic carbocycles. The zero-order chi connectivity index (χ0) is 47.6. The number of phenols is 3. The maximum absolute atomic E-state index is 15.6. The Balaban J connectivity index is 1.08. The Morgan fingerprint density at radius 3 is 2.16 bits per heavy atom. The van der Waals surface area contributed by atoms with E-state index in [0.717, 1.165) is 87.4 Å². The van der Waals surface area contributed by atoms with E-state index in [1.807, 2.05) is 84.9 Å². The van der Waals surface area contributed by atoms with Gasteiger partial charge in [0.1, 0.15) is 18.0 Å². The van der Waals surface area contributed by atoms with Crippen molar-refractivity contribution in [3.8, 4) is 39.9 Å². The Kier molecular flexibility index (Phi) is 11.4. The second-order valence-electron chi connectivity index (χ2n) is 20.5. The van der Waals surface area contributed by atoms with E-state index < -0.39 is 23.0 Å². The van der Waals surface area contributed by atoms with Crippen LogP contribution in [-0.4, -0.2) is 53.7 Å². The Hall–Kier alpha value is -6.74. The second kappa shape index (κ2) is 17.7. The number of benzene rings is 6. The van der Waals surface area contributed by atoms with E-state index in [9.17, 15) is 20.1 Å². The summed E-state index contributed by atoms with van der Waals surface area (Å²) in [6.45, 7) is 1.47. The fraction of sp³-hybridized carbons (Fsp3) is 0.367. The van der Waals surface area contributed by atoms with E-state index in [2.05, 4.69) is 30.4 Å². The van der Waals surface area contributed by atoms with Crippen LogP contribution in [0.15, 0.2) is 121 Å². The minimum absolute atomic E-state index is 0.0198. The molecule has 0 heterocycles. The highest BCUT2D eigenvalue weighted by Crippen LogP contribution is 2.70. The average molecular weight is 925 g/mol. The molecular weight excluding hydrogens is 865 g/mol. The first-order valence-corrected chi connectivity index (χ1v) is 24.7. The lowest BCUT2D eigenvalue weighted by Gasteiger charge is -2.64. The quantitative estimate of drug-likeness (QED) is 0.121. The van der Waals surface area contributed by atoms with E-state index >= 15 is 4.79 Å². The smallest absolute Gasteiger partial charge is 0.316 e. The van der Waals surface area contributed by atoms with Crippen molar-refractivity contribution in [1.82, 2.24) is 0 Å². The van der Waals surface area contributed by atoms with E-state index in [4.69, 9.17) is 18.9 Å². The monoisotopic (exact) mass is 924 g/mol. The molecule has 3 fully saturated rings. The number of esters is 2. The fourth-order valence-corrected chi connectivity index (χ4v) is 14.3. The van der Waals surface area contributed by atoms with Crippen molar-refractivity contribution in [1.29, 1.82) is 0 Å². The number of allylic oxidation sites excluding steroid dienone is 1. The second-order valence-corrected chi connectivity index (χ2v) is 20.5. The number of aromatic hydroxyl groups is 3. The van der Waals surface area contributed by atoms with E-state index in [-0.39, 0.29) is 65.2 Å². The maximum atomic E-state index is 15.6. The summed E-state index contributed by atoms with van der Waals surface area (Å²) in [4.78, 5) is 29.1. The van der Waals surface area contributed by atoms with Gasteiger partial charge in [-0.15, -0.1) is 0 Å². The topological polar surface area (TPSA) is 132 Å². The number of fused-ring (bicyclic) bond motifs is 5. The third-order valence-corrected chi connectivity index (χ3v) is 17.0. The van der Waals surface area contributed by atoms with Gasteiger partial charge in [-0.2, -0.15) is 0 Å². The van der Waals surface area contributed by atoms with Crippen LogP contribution in [0.2, 0.25) is 0 Å². The number of ether oxygens (including phenoxy) is 4. The lowest BCUT2D eigenvalue weighted by atomic mass is 9.40. The third kappa shape index (κ3) is 7.60. The molecule has 5 aliphatic carbocycles. The Morgan fingerprint density at radius 2 is 1.42 bits per heavy atom.